The summed E-state index contributed by atoms with van der Waals surface area (Å²) in [7, 11) is 0. The van der Waals surface area contributed by atoms with Crippen molar-refractivity contribution in [3.05, 3.63) is 40.4 Å². The molecule has 3 N–H and O–H groups in total. The molecule has 9 nitrogen and oxygen atoms in total. The van der Waals surface area contributed by atoms with Gasteiger partial charge in [-0.1, -0.05) is 6.07 Å². The van der Waals surface area contributed by atoms with Gasteiger partial charge in [0.2, 0.25) is 5.95 Å². The van der Waals surface area contributed by atoms with Crippen LogP contribution in [0, 0.1) is 0 Å². The number of morpholine rings is 1. The topological polar surface area (TPSA) is 112 Å². The summed E-state index contributed by atoms with van der Waals surface area (Å²) in [4.78, 5) is 25.6. The van der Waals surface area contributed by atoms with Crippen molar-refractivity contribution in [2.45, 2.75) is 19.6 Å². The first kappa shape index (κ1) is 15.6. The Morgan fingerprint density at radius 2 is 2.32 bits per heavy atom. The smallest absolute Gasteiger partial charge is 0.263 e. The number of anilines is 2. The third kappa shape index (κ3) is 3.31. The van der Waals surface area contributed by atoms with Crippen LogP contribution in [0.25, 0.3) is 11.0 Å². The predicted octanol–water partition coefficient (Wildman–Crippen LogP) is 0.878. The summed E-state index contributed by atoms with van der Waals surface area (Å²) >= 11 is 0. The second kappa shape index (κ2) is 6.52. The zero-order chi connectivity index (χ0) is 17.2. The summed E-state index contributed by atoms with van der Waals surface area (Å²) in [6.07, 6.45) is 3.51. The van der Waals surface area contributed by atoms with Crippen molar-refractivity contribution in [2.75, 3.05) is 29.9 Å². The van der Waals surface area contributed by atoms with E-state index in [2.05, 4.69) is 42.3 Å². The van der Waals surface area contributed by atoms with E-state index in [0.717, 1.165) is 31.1 Å². The number of rotatable bonds is 4. The Morgan fingerprint density at radius 1 is 1.40 bits per heavy atom. The average Bonchev–Trinajstić information content (AvgIpc) is 3.10. The summed E-state index contributed by atoms with van der Waals surface area (Å²) in [5.74, 6) is 1.34. The fraction of sp³-hybridized carbons (Fsp3) is 0.375. The summed E-state index contributed by atoms with van der Waals surface area (Å²) in [6, 6.07) is 4.02. The van der Waals surface area contributed by atoms with Gasteiger partial charge in [0.05, 0.1) is 18.9 Å². The van der Waals surface area contributed by atoms with E-state index < -0.39 is 0 Å². The van der Waals surface area contributed by atoms with Crippen LogP contribution in [-0.2, 0) is 11.3 Å². The highest BCUT2D eigenvalue weighted by Crippen LogP contribution is 2.16. The Hall–Kier alpha value is -2.94. The number of nitrogens with zero attached hydrogens (tertiary/aromatic N) is 4. The minimum atomic E-state index is -0.226. The molecule has 0 amide bonds. The van der Waals surface area contributed by atoms with E-state index in [1.165, 1.54) is 6.20 Å². The predicted molar refractivity (Wildman–Crippen MR) is 93.7 cm³/mol. The van der Waals surface area contributed by atoms with Crippen molar-refractivity contribution in [3.63, 3.8) is 0 Å². The van der Waals surface area contributed by atoms with E-state index in [1.54, 1.807) is 0 Å². The van der Waals surface area contributed by atoms with Crippen LogP contribution in [0.2, 0.25) is 0 Å². The van der Waals surface area contributed by atoms with Gasteiger partial charge in [0.25, 0.3) is 5.56 Å². The molecule has 1 aliphatic heterocycles. The third-order valence-corrected chi connectivity index (χ3v) is 4.15. The Kier molecular flexibility index (Phi) is 4.06. The zero-order valence-corrected chi connectivity index (χ0v) is 13.8. The van der Waals surface area contributed by atoms with Crippen LogP contribution in [0.15, 0.2) is 29.3 Å². The molecule has 9 heteroatoms. The third-order valence-electron chi connectivity index (χ3n) is 4.15. The molecule has 130 valence electrons. The van der Waals surface area contributed by atoms with Crippen LogP contribution in [0.5, 0.6) is 0 Å². The van der Waals surface area contributed by atoms with Crippen LogP contribution in [0.1, 0.15) is 12.5 Å². The normalized spacial score (nSPS) is 17.8. The van der Waals surface area contributed by atoms with Gasteiger partial charge in [-0.25, -0.2) is 4.98 Å². The second-order valence-corrected chi connectivity index (χ2v) is 6.05. The number of fused-ring (bicyclic) bond motifs is 1. The first-order chi connectivity index (χ1) is 12.2. The van der Waals surface area contributed by atoms with Gasteiger partial charge in [-0.15, -0.1) is 0 Å². The van der Waals surface area contributed by atoms with Crippen molar-refractivity contribution < 1.29 is 4.74 Å². The Balaban J connectivity index is 1.43. The molecule has 4 rings (SSSR count). The lowest BCUT2D eigenvalue weighted by Crippen LogP contribution is -2.41. The lowest BCUT2D eigenvalue weighted by atomic mass is 10.2. The largest absolute Gasteiger partial charge is 0.375 e. The van der Waals surface area contributed by atoms with Crippen molar-refractivity contribution in [1.82, 2.24) is 25.1 Å². The maximum absolute atomic E-state index is 11.9. The second-order valence-electron chi connectivity index (χ2n) is 6.05. The zero-order valence-electron chi connectivity index (χ0n) is 13.8. The monoisotopic (exact) mass is 341 g/mol. The van der Waals surface area contributed by atoms with Crippen LogP contribution < -0.4 is 15.8 Å². The molecule has 1 fully saturated rings. The van der Waals surface area contributed by atoms with Gasteiger partial charge in [0, 0.05) is 25.8 Å². The Bertz CT molecular complexity index is 918. The van der Waals surface area contributed by atoms with E-state index in [9.17, 15) is 4.79 Å². The van der Waals surface area contributed by atoms with Gasteiger partial charge in [-0.3, -0.25) is 14.9 Å². The molecule has 25 heavy (non-hydrogen) atoms. The molecule has 0 saturated carbocycles. The minimum absolute atomic E-state index is 0.220. The standard InChI is InChI=1S/C16H19N7O2/c1-10-9-23(4-5-25-10)13-3-2-11(6-17-13)7-18-16-20-14-12(8-19-22-14)15(24)21-16/h2-3,6,8,10H,4-5,7,9H2,1H3,(H3,18,19,20,21,22,24). The van der Waals surface area contributed by atoms with Crippen molar-refractivity contribution in [2.24, 2.45) is 0 Å². The first-order valence-electron chi connectivity index (χ1n) is 8.18. The summed E-state index contributed by atoms with van der Waals surface area (Å²) in [6.45, 7) is 5.00. The van der Waals surface area contributed by atoms with E-state index in [1.807, 2.05) is 18.3 Å². The maximum atomic E-state index is 11.9. The lowest BCUT2D eigenvalue weighted by Gasteiger charge is -2.32. The molecule has 0 bridgehead atoms. The van der Waals surface area contributed by atoms with E-state index in [0.29, 0.717) is 23.5 Å². The summed E-state index contributed by atoms with van der Waals surface area (Å²) in [5, 5.41) is 10.1. The highest BCUT2D eigenvalue weighted by molar-refractivity contribution is 5.73. The number of hydrogen-bond acceptors (Lipinski definition) is 7. The molecule has 0 aliphatic carbocycles. The fourth-order valence-corrected chi connectivity index (χ4v) is 2.85. The van der Waals surface area contributed by atoms with Crippen molar-refractivity contribution in [1.29, 1.82) is 0 Å². The minimum Gasteiger partial charge on any atom is -0.375 e. The molecule has 1 unspecified atom stereocenters. The molecule has 3 aromatic heterocycles. The number of pyridine rings is 1. The van der Waals surface area contributed by atoms with Crippen LogP contribution in [0.4, 0.5) is 11.8 Å². The highest BCUT2D eigenvalue weighted by atomic mass is 16.5. The quantitative estimate of drug-likeness (QED) is 0.646. The molecule has 3 aromatic rings. The number of ether oxygens (including phenoxy) is 1. The summed E-state index contributed by atoms with van der Waals surface area (Å²) < 4.78 is 5.55. The maximum Gasteiger partial charge on any atom is 0.263 e. The van der Waals surface area contributed by atoms with Gasteiger partial charge < -0.3 is 15.0 Å². The van der Waals surface area contributed by atoms with Crippen LogP contribution in [-0.4, -0.2) is 50.9 Å². The van der Waals surface area contributed by atoms with Gasteiger partial charge in [0.1, 0.15) is 11.2 Å². The van der Waals surface area contributed by atoms with Crippen LogP contribution >= 0.6 is 0 Å². The fourth-order valence-electron chi connectivity index (χ4n) is 2.85. The molecule has 0 radical (unpaired) electrons. The molecule has 4 heterocycles. The molecule has 0 spiro atoms. The number of nitrogens with one attached hydrogen (secondary N) is 3. The number of aromatic amines is 2. The number of hydrogen-bond donors (Lipinski definition) is 3. The molecule has 1 aliphatic rings. The number of H-pyrrole nitrogens is 2. The van der Waals surface area contributed by atoms with Crippen molar-refractivity contribution >= 4 is 22.8 Å². The molecule has 1 atom stereocenters. The SMILES string of the molecule is CC1CN(c2ccc(CNc3nc4[nH]ncc4c(=O)[nH]3)cn2)CCO1. The van der Waals surface area contributed by atoms with Crippen LogP contribution in [0.3, 0.4) is 0 Å². The van der Waals surface area contributed by atoms with E-state index >= 15 is 0 Å². The number of aromatic nitrogens is 5. The van der Waals surface area contributed by atoms with E-state index in [-0.39, 0.29) is 11.7 Å². The van der Waals surface area contributed by atoms with E-state index in [4.69, 9.17) is 4.74 Å². The van der Waals surface area contributed by atoms with Gasteiger partial charge in [-0.05, 0) is 18.6 Å². The highest BCUT2D eigenvalue weighted by Gasteiger charge is 2.17. The Morgan fingerprint density at radius 3 is 3.12 bits per heavy atom. The molecule has 1 saturated heterocycles. The van der Waals surface area contributed by atoms with Crippen molar-refractivity contribution in [3.8, 4) is 0 Å². The van der Waals surface area contributed by atoms with Gasteiger partial charge in [0.15, 0.2) is 5.65 Å². The molecular weight excluding hydrogens is 322 g/mol. The molecule has 0 aromatic carbocycles. The van der Waals surface area contributed by atoms with Gasteiger partial charge >= 0.3 is 0 Å². The average molecular weight is 341 g/mol. The molecular formula is C16H19N7O2. The van der Waals surface area contributed by atoms with Gasteiger partial charge in [-0.2, -0.15) is 10.1 Å². The first-order valence-corrected chi connectivity index (χ1v) is 8.18. The summed E-state index contributed by atoms with van der Waals surface area (Å²) in [5.41, 5.74) is 1.23. The lowest BCUT2D eigenvalue weighted by molar-refractivity contribution is 0.0529. The Labute approximate surface area is 143 Å².